The summed E-state index contributed by atoms with van der Waals surface area (Å²) in [7, 11) is 0. The molecule has 4 nitrogen and oxygen atoms in total. The zero-order chi connectivity index (χ0) is 12.8. The first kappa shape index (κ1) is 12.3. The molecule has 0 saturated carbocycles. The first-order valence-corrected chi connectivity index (χ1v) is 5.65. The van der Waals surface area contributed by atoms with Gasteiger partial charge in [0.1, 0.15) is 12.3 Å². The summed E-state index contributed by atoms with van der Waals surface area (Å²) >= 11 is 0. The highest BCUT2D eigenvalue weighted by Gasteiger charge is 2.08. The number of hydrogen-bond donors (Lipinski definition) is 1. The molecule has 0 atom stereocenters. The summed E-state index contributed by atoms with van der Waals surface area (Å²) in [6.07, 6.45) is 1.58. The number of rotatable bonds is 4. The van der Waals surface area contributed by atoms with Gasteiger partial charge in [0.25, 0.3) is 0 Å². The molecule has 2 aromatic rings. The molecule has 0 aliphatic carbocycles. The Balaban J connectivity index is 1.95. The van der Waals surface area contributed by atoms with E-state index in [9.17, 15) is 4.79 Å². The van der Waals surface area contributed by atoms with Gasteiger partial charge < -0.3 is 10.5 Å². The third-order valence-electron chi connectivity index (χ3n) is 2.48. The van der Waals surface area contributed by atoms with Crippen molar-refractivity contribution >= 4 is 5.97 Å². The molecule has 2 rings (SSSR count). The molecule has 4 heteroatoms. The lowest BCUT2D eigenvalue weighted by Gasteiger charge is -2.04. The summed E-state index contributed by atoms with van der Waals surface area (Å²) in [5, 5.41) is 0. The molecule has 0 amide bonds. The summed E-state index contributed by atoms with van der Waals surface area (Å²) in [5.41, 5.74) is 7.58. The number of benzene rings is 1. The Kier molecular flexibility index (Phi) is 4.04. The number of esters is 1. The second-order valence-electron chi connectivity index (χ2n) is 3.82. The van der Waals surface area contributed by atoms with Gasteiger partial charge in [-0.05, 0) is 17.2 Å². The van der Waals surface area contributed by atoms with E-state index in [-0.39, 0.29) is 6.61 Å². The van der Waals surface area contributed by atoms with E-state index in [0.29, 0.717) is 12.2 Å². The SMILES string of the molecule is NCc1ccc(C(=O)OCc2ccccc2)nc1. The monoisotopic (exact) mass is 242 g/mol. The molecule has 2 N–H and O–H groups in total. The van der Waals surface area contributed by atoms with Crippen LogP contribution in [-0.2, 0) is 17.9 Å². The number of hydrogen-bond acceptors (Lipinski definition) is 4. The average molecular weight is 242 g/mol. The van der Waals surface area contributed by atoms with Crippen LogP contribution in [0.5, 0.6) is 0 Å². The number of ether oxygens (including phenoxy) is 1. The minimum absolute atomic E-state index is 0.250. The number of pyridine rings is 1. The summed E-state index contributed by atoms with van der Waals surface area (Å²) in [5.74, 6) is -0.428. The topological polar surface area (TPSA) is 65.2 Å². The highest BCUT2D eigenvalue weighted by molar-refractivity contribution is 5.87. The molecule has 0 aliphatic rings. The lowest BCUT2D eigenvalue weighted by molar-refractivity contribution is 0.0465. The second-order valence-corrected chi connectivity index (χ2v) is 3.82. The highest BCUT2D eigenvalue weighted by Crippen LogP contribution is 2.05. The second kappa shape index (κ2) is 5.93. The average Bonchev–Trinajstić information content (AvgIpc) is 2.46. The van der Waals surface area contributed by atoms with Crippen molar-refractivity contribution in [2.24, 2.45) is 5.73 Å². The third-order valence-corrected chi connectivity index (χ3v) is 2.48. The Hall–Kier alpha value is -2.20. The van der Waals surface area contributed by atoms with Crippen LogP contribution in [0.3, 0.4) is 0 Å². The molecule has 0 fully saturated rings. The molecule has 1 heterocycles. The largest absolute Gasteiger partial charge is 0.456 e. The Labute approximate surface area is 105 Å². The van der Waals surface area contributed by atoms with Crippen molar-refractivity contribution < 1.29 is 9.53 Å². The van der Waals surface area contributed by atoms with E-state index in [1.54, 1.807) is 18.3 Å². The first-order valence-electron chi connectivity index (χ1n) is 5.65. The fraction of sp³-hybridized carbons (Fsp3) is 0.143. The van der Waals surface area contributed by atoms with Crippen LogP contribution in [0.15, 0.2) is 48.7 Å². The van der Waals surface area contributed by atoms with Gasteiger partial charge in [-0.1, -0.05) is 36.4 Å². The predicted octanol–water partition coefficient (Wildman–Crippen LogP) is 1.90. The van der Waals surface area contributed by atoms with Crippen LogP contribution >= 0.6 is 0 Å². The van der Waals surface area contributed by atoms with E-state index in [1.165, 1.54) is 0 Å². The molecule has 1 aromatic carbocycles. The molecule has 0 aliphatic heterocycles. The lowest BCUT2D eigenvalue weighted by Crippen LogP contribution is -2.08. The van der Waals surface area contributed by atoms with E-state index in [0.717, 1.165) is 11.1 Å². The van der Waals surface area contributed by atoms with Gasteiger partial charge in [-0.25, -0.2) is 9.78 Å². The number of aromatic nitrogens is 1. The van der Waals surface area contributed by atoms with Gasteiger partial charge in [0.2, 0.25) is 0 Å². The molecule has 92 valence electrons. The first-order chi connectivity index (χ1) is 8.79. The fourth-order valence-corrected chi connectivity index (χ4v) is 1.46. The zero-order valence-electron chi connectivity index (χ0n) is 9.87. The Morgan fingerprint density at radius 1 is 1.11 bits per heavy atom. The molecular formula is C14H14N2O2. The molecular weight excluding hydrogens is 228 g/mol. The number of nitrogens with two attached hydrogens (primary N) is 1. The summed E-state index contributed by atoms with van der Waals surface area (Å²) in [6.45, 7) is 0.659. The molecule has 0 saturated heterocycles. The maximum Gasteiger partial charge on any atom is 0.357 e. The van der Waals surface area contributed by atoms with Crippen LogP contribution in [-0.4, -0.2) is 11.0 Å². The van der Waals surface area contributed by atoms with Gasteiger partial charge in [-0.2, -0.15) is 0 Å². The van der Waals surface area contributed by atoms with E-state index < -0.39 is 5.97 Å². The van der Waals surface area contributed by atoms with Crippen LogP contribution < -0.4 is 5.73 Å². The van der Waals surface area contributed by atoms with Crippen molar-refractivity contribution in [2.75, 3.05) is 0 Å². The summed E-state index contributed by atoms with van der Waals surface area (Å²) in [6, 6.07) is 12.9. The molecule has 18 heavy (non-hydrogen) atoms. The molecule has 1 aromatic heterocycles. The Bertz CT molecular complexity index is 509. The molecule has 0 spiro atoms. The predicted molar refractivity (Wildman–Crippen MR) is 67.7 cm³/mol. The van der Waals surface area contributed by atoms with Crippen molar-refractivity contribution in [3.63, 3.8) is 0 Å². The van der Waals surface area contributed by atoms with Crippen LogP contribution in [0.1, 0.15) is 21.6 Å². The summed E-state index contributed by atoms with van der Waals surface area (Å²) < 4.78 is 5.15. The van der Waals surface area contributed by atoms with Crippen molar-refractivity contribution in [3.05, 3.63) is 65.5 Å². The highest BCUT2D eigenvalue weighted by atomic mass is 16.5. The summed E-state index contributed by atoms with van der Waals surface area (Å²) in [4.78, 5) is 15.7. The maximum atomic E-state index is 11.7. The quantitative estimate of drug-likeness (QED) is 0.831. The van der Waals surface area contributed by atoms with Crippen LogP contribution in [0.4, 0.5) is 0 Å². The third kappa shape index (κ3) is 3.15. The Morgan fingerprint density at radius 2 is 1.89 bits per heavy atom. The lowest BCUT2D eigenvalue weighted by atomic mass is 10.2. The zero-order valence-corrected chi connectivity index (χ0v) is 9.87. The van der Waals surface area contributed by atoms with Crippen LogP contribution in [0.25, 0.3) is 0 Å². The van der Waals surface area contributed by atoms with E-state index in [2.05, 4.69) is 4.98 Å². The van der Waals surface area contributed by atoms with Gasteiger partial charge in [0, 0.05) is 12.7 Å². The smallest absolute Gasteiger partial charge is 0.357 e. The Morgan fingerprint density at radius 3 is 2.50 bits per heavy atom. The number of nitrogens with zero attached hydrogens (tertiary/aromatic N) is 1. The van der Waals surface area contributed by atoms with E-state index >= 15 is 0 Å². The van der Waals surface area contributed by atoms with Gasteiger partial charge in [-0.15, -0.1) is 0 Å². The van der Waals surface area contributed by atoms with Crippen molar-refractivity contribution in [1.29, 1.82) is 0 Å². The minimum atomic E-state index is -0.428. The van der Waals surface area contributed by atoms with Gasteiger partial charge in [-0.3, -0.25) is 0 Å². The van der Waals surface area contributed by atoms with Gasteiger partial charge >= 0.3 is 5.97 Å². The molecule has 0 radical (unpaired) electrons. The minimum Gasteiger partial charge on any atom is -0.456 e. The van der Waals surface area contributed by atoms with E-state index in [1.807, 2.05) is 30.3 Å². The standard InChI is InChI=1S/C14H14N2O2/c15-8-12-6-7-13(16-9-12)14(17)18-10-11-4-2-1-3-5-11/h1-7,9H,8,10,15H2. The van der Waals surface area contributed by atoms with Crippen LogP contribution in [0, 0.1) is 0 Å². The maximum absolute atomic E-state index is 11.7. The van der Waals surface area contributed by atoms with Gasteiger partial charge in [0.15, 0.2) is 0 Å². The van der Waals surface area contributed by atoms with Crippen molar-refractivity contribution in [2.45, 2.75) is 13.2 Å². The number of carbonyl (C=O) groups is 1. The van der Waals surface area contributed by atoms with Crippen LogP contribution in [0.2, 0.25) is 0 Å². The molecule has 0 bridgehead atoms. The van der Waals surface area contributed by atoms with Crippen molar-refractivity contribution in [1.82, 2.24) is 4.98 Å². The fourth-order valence-electron chi connectivity index (χ4n) is 1.46. The van der Waals surface area contributed by atoms with Gasteiger partial charge in [0.05, 0.1) is 0 Å². The van der Waals surface area contributed by atoms with E-state index in [4.69, 9.17) is 10.5 Å². The number of carbonyl (C=O) groups excluding carboxylic acids is 1. The normalized spacial score (nSPS) is 10.1. The molecule has 0 unspecified atom stereocenters. The van der Waals surface area contributed by atoms with Crippen molar-refractivity contribution in [3.8, 4) is 0 Å².